The molecule has 164 valence electrons. The number of amides is 3. The lowest BCUT2D eigenvalue weighted by Crippen LogP contribution is -2.50. The van der Waals surface area contributed by atoms with Crippen LogP contribution in [0.4, 0.5) is 4.79 Å². The zero-order valence-corrected chi connectivity index (χ0v) is 18.0. The van der Waals surface area contributed by atoms with Crippen LogP contribution in [-0.2, 0) is 17.9 Å². The molecule has 2 N–H and O–H groups in total. The van der Waals surface area contributed by atoms with Crippen LogP contribution >= 0.6 is 0 Å². The molecule has 0 aliphatic carbocycles. The number of carbonyl (C=O) groups is 2. The molecule has 0 spiro atoms. The second-order valence-corrected chi connectivity index (χ2v) is 8.08. The number of aromatic nitrogens is 1. The Bertz CT molecular complexity index is 1010. The van der Waals surface area contributed by atoms with Crippen molar-refractivity contribution in [3.8, 4) is 0 Å². The van der Waals surface area contributed by atoms with E-state index < -0.39 is 0 Å². The van der Waals surface area contributed by atoms with Gasteiger partial charge in [0.2, 0.25) is 5.91 Å². The lowest BCUT2D eigenvalue weighted by atomic mass is 9.88. The predicted molar refractivity (Wildman–Crippen MR) is 123 cm³/mol. The van der Waals surface area contributed by atoms with Gasteiger partial charge in [0.1, 0.15) is 0 Å². The highest BCUT2D eigenvalue weighted by atomic mass is 16.2. The summed E-state index contributed by atoms with van der Waals surface area (Å²) < 4.78 is 0. The fourth-order valence-electron chi connectivity index (χ4n) is 4.14. The van der Waals surface area contributed by atoms with Crippen LogP contribution in [0.5, 0.6) is 0 Å². The molecule has 2 heterocycles. The maximum absolute atomic E-state index is 13.2. The van der Waals surface area contributed by atoms with E-state index in [0.717, 1.165) is 29.5 Å². The van der Waals surface area contributed by atoms with Gasteiger partial charge < -0.3 is 15.5 Å². The number of piperidine rings is 1. The molecule has 0 radical (unpaired) electrons. The molecule has 0 bridgehead atoms. The first-order valence-corrected chi connectivity index (χ1v) is 11.0. The average molecular weight is 429 g/mol. The third-order valence-electron chi connectivity index (χ3n) is 5.87. The Morgan fingerprint density at radius 3 is 2.25 bits per heavy atom. The van der Waals surface area contributed by atoms with E-state index in [-0.39, 0.29) is 23.9 Å². The van der Waals surface area contributed by atoms with Crippen LogP contribution in [0.15, 0.2) is 85.2 Å². The fraction of sp³-hybridized carbons (Fsp3) is 0.269. The van der Waals surface area contributed by atoms with Crippen molar-refractivity contribution in [2.24, 2.45) is 5.92 Å². The maximum Gasteiger partial charge on any atom is 0.318 e. The Hall–Kier alpha value is -3.67. The third-order valence-corrected chi connectivity index (χ3v) is 5.87. The van der Waals surface area contributed by atoms with Crippen molar-refractivity contribution in [1.82, 2.24) is 20.5 Å². The van der Waals surface area contributed by atoms with E-state index in [1.807, 2.05) is 77.7 Å². The minimum absolute atomic E-state index is 0.0266. The van der Waals surface area contributed by atoms with Gasteiger partial charge in [-0.3, -0.25) is 9.78 Å². The molecule has 2 atom stereocenters. The summed E-state index contributed by atoms with van der Waals surface area (Å²) in [6.07, 6.45) is 4.94. The highest BCUT2D eigenvalue weighted by Gasteiger charge is 2.35. The van der Waals surface area contributed by atoms with Crippen LogP contribution in [-0.4, -0.2) is 28.4 Å². The van der Waals surface area contributed by atoms with Crippen molar-refractivity contribution >= 4 is 11.9 Å². The van der Waals surface area contributed by atoms with Gasteiger partial charge in [-0.2, -0.15) is 0 Å². The molecular weight excluding hydrogens is 400 g/mol. The number of urea groups is 1. The van der Waals surface area contributed by atoms with E-state index in [2.05, 4.69) is 15.6 Å². The Labute approximate surface area is 188 Å². The van der Waals surface area contributed by atoms with Gasteiger partial charge in [-0.15, -0.1) is 0 Å². The first-order valence-electron chi connectivity index (χ1n) is 11.0. The van der Waals surface area contributed by atoms with Gasteiger partial charge in [0.05, 0.1) is 12.0 Å². The Morgan fingerprint density at radius 2 is 1.53 bits per heavy atom. The molecule has 1 aromatic heterocycles. The summed E-state index contributed by atoms with van der Waals surface area (Å²) in [5, 5.41) is 6.04. The van der Waals surface area contributed by atoms with Crippen LogP contribution in [0.25, 0.3) is 0 Å². The number of nitrogens with zero attached hydrogens (tertiary/aromatic N) is 2. The Morgan fingerprint density at radius 1 is 0.844 bits per heavy atom. The van der Waals surface area contributed by atoms with Crippen LogP contribution in [0, 0.1) is 5.92 Å². The van der Waals surface area contributed by atoms with E-state index >= 15 is 0 Å². The molecule has 3 aromatic rings. The smallest absolute Gasteiger partial charge is 0.318 e. The number of carbonyl (C=O) groups excluding carboxylic acids is 2. The second-order valence-electron chi connectivity index (χ2n) is 8.08. The molecule has 6 heteroatoms. The third kappa shape index (κ3) is 5.52. The van der Waals surface area contributed by atoms with Gasteiger partial charge in [0.15, 0.2) is 0 Å². The van der Waals surface area contributed by atoms with Gasteiger partial charge in [-0.25, -0.2) is 4.79 Å². The van der Waals surface area contributed by atoms with Gasteiger partial charge in [0, 0.05) is 32.0 Å². The molecule has 3 amide bonds. The normalized spacial score (nSPS) is 18.1. The minimum atomic E-state index is -0.242. The summed E-state index contributed by atoms with van der Waals surface area (Å²) in [5.74, 6) is -0.268. The number of benzene rings is 2. The maximum atomic E-state index is 13.2. The zero-order valence-electron chi connectivity index (χ0n) is 18.0. The second kappa shape index (κ2) is 10.6. The van der Waals surface area contributed by atoms with E-state index in [1.54, 1.807) is 12.4 Å². The molecular formula is C26H28N4O2. The molecule has 1 saturated heterocycles. The van der Waals surface area contributed by atoms with Crippen molar-refractivity contribution in [1.29, 1.82) is 0 Å². The van der Waals surface area contributed by atoms with E-state index in [9.17, 15) is 9.59 Å². The molecule has 0 unspecified atom stereocenters. The number of pyridine rings is 1. The first-order chi connectivity index (χ1) is 15.7. The summed E-state index contributed by atoms with van der Waals surface area (Å²) in [4.78, 5) is 32.0. The molecule has 0 saturated carbocycles. The van der Waals surface area contributed by atoms with Crippen LogP contribution in [0.1, 0.15) is 35.6 Å². The van der Waals surface area contributed by atoms with Gasteiger partial charge in [-0.1, -0.05) is 66.7 Å². The van der Waals surface area contributed by atoms with Crippen molar-refractivity contribution in [3.63, 3.8) is 0 Å². The number of hydrogen-bond donors (Lipinski definition) is 2. The Balaban J connectivity index is 1.43. The highest BCUT2D eigenvalue weighted by Crippen LogP contribution is 2.33. The molecule has 2 aromatic carbocycles. The van der Waals surface area contributed by atoms with Crippen molar-refractivity contribution in [3.05, 3.63) is 102 Å². The summed E-state index contributed by atoms with van der Waals surface area (Å²) in [6.45, 7) is 1.28. The first kappa shape index (κ1) is 21.6. The lowest BCUT2D eigenvalue weighted by Gasteiger charge is -2.39. The molecule has 6 nitrogen and oxygen atoms in total. The van der Waals surface area contributed by atoms with Crippen molar-refractivity contribution in [2.75, 3.05) is 6.54 Å². The van der Waals surface area contributed by atoms with Crippen molar-refractivity contribution in [2.45, 2.75) is 32.0 Å². The standard InChI is InChI=1S/C26H28N4O2/c31-25(28-18-21-10-7-15-27-16-21)23-13-14-24(22-11-5-2-6-12-22)30(19-23)26(32)29-17-20-8-3-1-4-9-20/h1-12,15-16,23-24H,13-14,17-19H2,(H,28,31)(H,29,32)/t23-,24+/m1/s1. The lowest BCUT2D eigenvalue weighted by molar-refractivity contribution is -0.126. The quantitative estimate of drug-likeness (QED) is 0.622. The van der Waals surface area contributed by atoms with E-state index in [1.165, 1.54) is 0 Å². The van der Waals surface area contributed by atoms with Crippen LogP contribution in [0.3, 0.4) is 0 Å². The minimum Gasteiger partial charge on any atom is -0.352 e. The molecule has 4 rings (SSSR count). The SMILES string of the molecule is O=C(NCc1cccnc1)[C@@H]1CC[C@@H](c2ccccc2)N(C(=O)NCc2ccccc2)C1. The molecule has 1 aliphatic heterocycles. The molecule has 32 heavy (non-hydrogen) atoms. The van der Waals surface area contributed by atoms with E-state index in [0.29, 0.717) is 19.6 Å². The monoisotopic (exact) mass is 428 g/mol. The summed E-state index contributed by atoms with van der Waals surface area (Å²) in [6, 6.07) is 23.5. The van der Waals surface area contributed by atoms with Gasteiger partial charge in [0.25, 0.3) is 0 Å². The molecule has 1 fully saturated rings. The fourth-order valence-corrected chi connectivity index (χ4v) is 4.14. The Kier molecular flexibility index (Phi) is 7.12. The van der Waals surface area contributed by atoms with Crippen LogP contribution < -0.4 is 10.6 Å². The van der Waals surface area contributed by atoms with Crippen LogP contribution in [0.2, 0.25) is 0 Å². The predicted octanol–water partition coefficient (Wildman–Crippen LogP) is 4.06. The zero-order chi connectivity index (χ0) is 22.2. The number of likely N-dealkylation sites (tertiary alicyclic amines) is 1. The molecule has 1 aliphatic rings. The summed E-state index contributed by atoms with van der Waals surface area (Å²) in [7, 11) is 0. The van der Waals surface area contributed by atoms with Crippen molar-refractivity contribution < 1.29 is 9.59 Å². The van der Waals surface area contributed by atoms with Gasteiger partial charge >= 0.3 is 6.03 Å². The summed E-state index contributed by atoms with van der Waals surface area (Å²) >= 11 is 0. The number of nitrogens with one attached hydrogen (secondary N) is 2. The number of rotatable bonds is 6. The summed E-state index contributed by atoms with van der Waals surface area (Å²) in [5.41, 5.74) is 3.09. The van der Waals surface area contributed by atoms with Gasteiger partial charge in [-0.05, 0) is 35.6 Å². The number of hydrogen-bond acceptors (Lipinski definition) is 3. The average Bonchev–Trinajstić information content (AvgIpc) is 2.87. The largest absolute Gasteiger partial charge is 0.352 e. The topological polar surface area (TPSA) is 74.3 Å². The highest BCUT2D eigenvalue weighted by molar-refractivity contribution is 5.81. The van der Waals surface area contributed by atoms with E-state index in [4.69, 9.17) is 0 Å².